The first kappa shape index (κ1) is 27.2. The van der Waals surface area contributed by atoms with Gasteiger partial charge in [-0.2, -0.15) is 4.98 Å². The molecule has 1 saturated carbocycles. The second-order valence-electron chi connectivity index (χ2n) is 11.1. The lowest BCUT2D eigenvalue weighted by molar-refractivity contribution is -0.125. The molecule has 2 aliphatic heterocycles. The Morgan fingerprint density at radius 3 is 2.68 bits per heavy atom. The number of methoxy groups -OCH3 is 1. The molecule has 1 amide bonds. The van der Waals surface area contributed by atoms with Crippen LogP contribution in [0, 0.1) is 0 Å². The number of hydrogen-bond acceptors (Lipinski definition) is 9. The van der Waals surface area contributed by atoms with Crippen molar-refractivity contribution in [3.8, 4) is 5.75 Å². The second kappa shape index (κ2) is 11.9. The Balaban J connectivity index is 1.37. The normalized spacial score (nSPS) is 19.9. The van der Waals surface area contributed by atoms with Crippen LogP contribution in [0.3, 0.4) is 0 Å². The fourth-order valence-corrected chi connectivity index (χ4v) is 6.37. The van der Waals surface area contributed by atoms with Crippen LogP contribution in [0.5, 0.6) is 5.75 Å². The highest BCUT2D eigenvalue weighted by molar-refractivity contribution is 5.87. The van der Waals surface area contributed by atoms with Crippen LogP contribution >= 0.6 is 0 Å². The van der Waals surface area contributed by atoms with E-state index in [-0.39, 0.29) is 23.4 Å². The zero-order valence-corrected chi connectivity index (χ0v) is 23.6. The van der Waals surface area contributed by atoms with E-state index in [1.807, 2.05) is 12.1 Å². The summed E-state index contributed by atoms with van der Waals surface area (Å²) >= 11 is 0. The van der Waals surface area contributed by atoms with Crippen molar-refractivity contribution in [2.24, 2.45) is 0 Å². The molecule has 3 aliphatic rings. The summed E-state index contributed by atoms with van der Waals surface area (Å²) in [6, 6.07) is 5.85. The molecule has 2 aromatic heterocycles. The maximum absolute atomic E-state index is 14.0. The quantitative estimate of drug-likeness (QED) is 0.421. The van der Waals surface area contributed by atoms with Gasteiger partial charge in [0.25, 0.3) is 5.56 Å². The molecule has 1 unspecified atom stereocenters. The fraction of sp³-hybridized carbons (Fsp3) is 0.500. The van der Waals surface area contributed by atoms with Gasteiger partial charge in [0.15, 0.2) is 5.65 Å². The second-order valence-corrected chi connectivity index (χ2v) is 11.1. The van der Waals surface area contributed by atoms with Crippen molar-refractivity contribution >= 4 is 34.4 Å². The Hall–Kier alpha value is -3.99. The van der Waals surface area contributed by atoms with Crippen LogP contribution in [0.25, 0.3) is 11.2 Å². The van der Waals surface area contributed by atoms with E-state index in [2.05, 4.69) is 33.2 Å². The van der Waals surface area contributed by atoms with Gasteiger partial charge in [-0.1, -0.05) is 25.8 Å². The number of anilines is 3. The first-order valence-corrected chi connectivity index (χ1v) is 14.7. The number of aromatic nitrogens is 4. The molecular formula is C30H38N8O3. The van der Waals surface area contributed by atoms with Gasteiger partial charge >= 0.3 is 0 Å². The number of carbonyl (C=O) groups is 1. The maximum atomic E-state index is 14.0. The summed E-state index contributed by atoms with van der Waals surface area (Å²) in [7, 11) is 1.65. The lowest BCUT2D eigenvalue weighted by Gasteiger charge is -2.30. The highest BCUT2D eigenvalue weighted by Gasteiger charge is 2.31. The predicted molar refractivity (Wildman–Crippen MR) is 159 cm³/mol. The predicted octanol–water partition coefficient (Wildman–Crippen LogP) is 3.36. The van der Waals surface area contributed by atoms with Gasteiger partial charge in [-0.25, -0.2) is 9.97 Å². The van der Waals surface area contributed by atoms with E-state index in [4.69, 9.17) is 14.7 Å². The van der Waals surface area contributed by atoms with E-state index in [9.17, 15) is 9.59 Å². The SMILES string of the molecule is C=CC(=O)N1CCC(n2c(=O)c(C3CCCCC3)nc3cnc(Nc4ccc(N5CCNCC5)cc4OC)nc32)C1. The molecule has 11 nitrogen and oxygen atoms in total. The Kier molecular flexibility index (Phi) is 7.86. The largest absolute Gasteiger partial charge is 0.494 e. The van der Waals surface area contributed by atoms with Gasteiger partial charge in [0.05, 0.1) is 25.0 Å². The molecule has 6 rings (SSSR count). The summed E-state index contributed by atoms with van der Waals surface area (Å²) in [6.07, 6.45) is 9.00. The van der Waals surface area contributed by atoms with Crippen molar-refractivity contribution in [1.29, 1.82) is 0 Å². The molecule has 0 bridgehead atoms. The van der Waals surface area contributed by atoms with E-state index < -0.39 is 0 Å². The smallest absolute Gasteiger partial charge is 0.274 e. The van der Waals surface area contributed by atoms with Gasteiger partial charge in [0.1, 0.15) is 17.0 Å². The number of piperazine rings is 1. The van der Waals surface area contributed by atoms with Gasteiger partial charge < -0.3 is 25.2 Å². The zero-order chi connectivity index (χ0) is 28.3. The van der Waals surface area contributed by atoms with Crippen molar-refractivity contribution in [2.45, 2.75) is 50.5 Å². The minimum atomic E-state index is -0.199. The summed E-state index contributed by atoms with van der Waals surface area (Å²) in [5, 5.41) is 6.68. The Morgan fingerprint density at radius 2 is 1.93 bits per heavy atom. The number of ether oxygens (including phenoxy) is 1. The molecule has 4 heterocycles. The van der Waals surface area contributed by atoms with Crippen LogP contribution in [0.4, 0.5) is 17.3 Å². The van der Waals surface area contributed by atoms with Crippen LogP contribution in [0.15, 0.2) is 41.8 Å². The lowest BCUT2D eigenvalue weighted by atomic mass is 9.87. The third kappa shape index (κ3) is 5.50. The summed E-state index contributed by atoms with van der Waals surface area (Å²) in [4.78, 5) is 44.7. The number of fused-ring (bicyclic) bond motifs is 1. The zero-order valence-electron chi connectivity index (χ0n) is 23.6. The molecule has 216 valence electrons. The number of likely N-dealkylation sites (tertiary alicyclic amines) is 1. The van der Waals surface area contributed by atoms with Crippen molar-refractivity contribution in [2.75, 3.05) is 56.6 Å². The summed E-state index contributed by atoms with van der Waals surface area (Å²) < 4.78 is 7.48. The first-order valence-electron chi connectivity index (χ1n) is 14.7. The van der Waals surface area contributed by atoms with Gasteiger partial charge in [0, 0.05) is 56.9 Å². The standard InChI is InChI=1S/C30H38N8O3/c1-3-26(39)37-14-11-22(19-37)38-28-24(33-27(29(38)40)20-7-5-4-6-8-20)18-32-30(35-28)34-23-10-9-21(17-25(23)41-2)36-15-12-31-13-16-36/h3,9-10,17-18,20,22,31H,1,4-8,11-16,19H2,2H3,(H,32,34,35). The van der Waals surface area contributed by atoms with Gasteiger partial charge in [-0.05, 0) is 37.5 Å². The average Bonchev–Trinajstić information content (AvgIpc) is 3.51. The summed E-state index contributed by atoms with van der Waals surface area (Å²) in [6.45, 7) is 8.41. The molecule has 0 radical (unpaired) electrons. The van der Waals surface area contributed by atoms with Crippen molar-refractivity contribution in [1.82, 2.24) is 29.7 Å². The van der Waals surface area contributed by atoms with Crippen molar-refractivity contribution < 1.29 is 9.53 Å². The number of benzene rings is 1. The molecule has 1 aliphatic carbocycles. The van der Waals surface area contributed by atoms with E-state index in [0.29, 0.717) is 48.1 Å². The number of nitrogens with zero attached hydrogens (tertiary/aromatic N) is 6. The topological polar surface area (TPSA) is 118 Å². The lowest BCUT2D eigenvalue weighted by Crippen LogP contribution is -2.43. The maximum Gasteiger partial charge on any atom is 0.274 e. The minimum Gasteiger partial charge on any atom is -0.494 e. The number of rotatable bonds is 7. The Labute approximate surface area is 239 Å². The number of nitrogens with one attached hydrogen (secondary N) is 2. The molecule has 3 aromatic rings. The van der Waals surface area contributed by atoms with E-state index in [1.165, 1.54) is 12.5 Å². The molecule has 1 aromatic carbocycles. The highest BCUT2D eigenvalue weighted by Crippen LogP contribution is 2.34. The minimum absolute atomic E-state index is 0.107. The molecular weight excluding hydrogens is 520 g/mol. The van der Waals surface area contributed by atoms with Crippen LogP contribution in [-0.2, 0) is 4.79 Å². The van der Waals surface area contributed by atoms with Gasteiger partial charge in [-0.3, -0.25) is 14.2 Å². The molecule has 3 fully saturated rings. The number of hydrogen-bond donors (Lipinski definition) is 2. The average molecular weight is 559 g/mol. The molecule has 11 heteroatoms. The third-order valence-corrected chi connectivity index (χ3v) is 8.58. The third-order valence-electron chi connectivity index (χ3n) is 8.58. The van der Waals surface area contributed by atoms with Gasteiger partial charge in [-0.15, -0.1) is 0 Å². The molecule has 0 spiro atoms. The Morgan fingerprint density at radius 1 is 1.12 bits per heavy atom. The van der Waals surface area contributed by atoms with Crippen LogP contribution in [0.2, 0.25) is 0 Å². The van der Waals surface area contributed by atoms with Crippen LogP contribution < -0.4 is 25.8 Å². The van der Waals surface area contributed by atoms with E-state index in [0.717, 1.165) is 63.2 Å². The van der Waals surface area contributed by atoms with Crippen LogP contribution in [0.1, 0.15) is 56.2 Å². The molecule has 2 saturated heterocycles. The highest BCUT2D eigenvalue weighted by atomic mass is 16.5. The first-order chi connectivity index (χ1) is 20.1. The van der Waals surface area contributed by atoms with Crippen LogP contribution in [-0.4, -0.2) is 76.7 Å². The Bertz CT molecular complexity index is 1490. The monoisotopic (exact) mass is 558 g/mol. The summed E-state index contributed by atoms with van der Waals surface area (Å²) in [5.74, 6) is 1.04. The fourth-order valence-electron chi connectivity index (χ4n) is 6.37. The number of amides is 1. The molecule has 1 atom stereocenters. The molecule has 2 N–H and O–H groups in total. The van der Waals surface area contributed by atoms with Gasteiger partial charge in [0.2, 0.25) is 11.9 Å². The van der Waals surface area contributed by atoms with E-state index in [1.54, 1.807) is 22.8 Å². The van der Waals surface area contributed by atoms with E-state index >= 15 is 0 Å². The van der Waals surface area contributed by atoms with Crippen molar-refractivity contribution in [3.05, 3.63) is 53.1 Å². The summed E-state index contributed by atoms with van der Waals surface area (Å²) in [5.41, 5.74) is 3.38. The van der Waals surface area contributed by atoms with Crippen molar-refractivity contribution in [3.63, 3.8) is 0 Å². The molecule has 41 heavy (non-hydrogen) atoms. The number of carbonyl (C=O) groups excluding carboxylic acids is 1.